The Morgan fingerprint density at radius 3 is 2.32 bits per heavy atom. The molecule has 0 saturated heterocycles. The molecule has 1 aromatic heterocycles. The minimum absolute atomic E-state index is 0.0335. The van der Waals surface area contributed by atoms with Gasteiger partial charge in [-0.1, -0.05) is 62.7 Å². The van der Waals surface area contributed by atoms with E-state index in [0.717, 1.165) is 17.5 Å². The van der Waals surface area contributed by atoms with E-state index >= 15 is 0 Å². The van der Waals surface area contributed by atoms with Crippen molar-refractivity contribution in [2.45, 2.75) is 46.1 Å². The molecule has 31 heavy (non-hydrogen) atoms. The van der Waals surface area contributed by atoms with Gasteiger partial charge in [0.05, 0.1) is 17.8 Å². The number of hydrogen-bond donors (Lipinski definition) is 1. The SMILES string of the molecule is CCCCc1c(F)n(C(=O)CC)c(=O)n1Cc1ccc(-c2ccccc2C(=O)O)cc1. The molecule has 0 radical (unpaired) electrons. The van der Waals surface area contributed by atoms with Crippen molar-refractivity contribution >= 4 is 11.9 Å². The zero-order valence-electron chi connectivity index (χ0n) is 17.6. The van der Waals surface area contributed by atoms with Gasteiger partial charge in [0.15, 0.2) is 0 Å². The maximum absolute atomic E-state index is 14.9. The summed E-state index contributed by atoms with van der Waals surface area (Å²) < 4.78 is 16.8. The highest BCUT2D eigenvalue weighted by Gasteiger charge is 2.23. The first-order chi connectivity index (χ1) is 14.9. The van der Waals surface area contributed by atoms with Gasteiger partial charge in [0.1, 0.15) is 0 Å². The number of carboxylic acid groups (broad SMARTS) is 1. The number of unbranched alkanes of at least 4 members (excludes halogenated alkanes) is 1. The largest absolute Gasteiger partial charge is 0.478 e. The first-order valence-electron chi connectivity index (χ1n) is 10.3. The van der Waals surface area contributed by atoms with Crippen LogP contribution >= 0.6 is 0 Å². The van der Waals surface area contributed by atoms with E-state index in [1.807, 2.05) is 6.92 Å². The number of carbonyl (C=O) groups excluding carboxylic acids is 1. The molecule has 3 rings (SSSR count). The van der Waals surface area contributed by atoms with Gasteiger partial charge in [0, 0.05) is 6.42 Å². The molecule has 7 heteroatoms. The molecular formula is C24H25FN2O4. The highest BCUT2D eigenvalue weighted by molar-refractivity contribution is 5.96. The van der Waals surface area contributed by atoms with Crippen molar-refractivity contribution in [3.05, 3.63) is 81.8 Å². The van der Waals surface area contributed by atoms with Crippen molar-refractivity contribution in [3.63, 3.8) is 0 Å². The number of carbonyl (C=O) groups is 2. The number of aromatic carboxylic acids is 1. The number of benzene rings is 2. The summed E-state index contributed by atoms with van der Waals surface area (Å²) in [6.07, 6.45) is 1.93. The van der Waals surface area contributed by atoms with Gasteiger partial charge in [-0.25, -0.2) is 14.2 Å². The third kappa shape index (κ3) is 4.50. The molecule has 0 unspecified atom stereocenters. The summed E-state index contributed by atoms with van der Waals surface area (Å²) in [7, 11) is 0. The van der Waals surface area contributed by atoms with Crippen LogP contribution in [0.2, 0.25) is 0 Å². The molecule has 0 bridgehead atoms. The number of imidazole rings is 1. The third-order valence-corrected chi connectivity index (χ3v) is 5.26. The van der Waals surface area contributed by atoms with Crippen LogP contribution < -0.4 is 5.69 Å². The monoisotopic (exact) mass is 424 g/mol. The van der Waals surface area contributed by atoms with Crippen LogP contribution in [0.15, 0.2) is 53.3 Å². The first kappa shape index (κ1) is 22.2. The maximum atomic E-state index is 14.9. The Morgan fingerprint density at radius 2 is 1.71 bits per heavy atom. The van der Waals surface area contributed by atoms with Crippen LogP contribution in [0.4, 0.5) is 4.39 Å². The van der Waals surface area contributed by atoms with Gasteiger partial charge in [-0.3, -0.25) is 9.36 Å². The van der Waals surface area contributed by atoms with Gasteiger partial charge in [-0.15, -0.1) is 0 Å². The Morgan fingerprint density at radius 1 is 1.03 bits per heavy atom. The smallest absolute Gasteiger partial charge is 0.337 e. The third-order valence-electron chi connectivity index (χ3n) is 5.26. The minimum Gasteiger partial charge on any atom is -0.478 e. The lowest BCUT2D eigenvalue weighted by molar-refractivity contribution is 0.0697. The number of hydrogen-bond acceptors (Lipinski definition) is 3. The molecule has 3 aromatic rings. The number of halogens is 1. The van der Waals surface area contributed by atoms with Gasteiger partial charge in [0.2, 0.25) is 11.9 Å². The molecule has 1 N–H and O–H groups in total. The van der Waals surface area contributed by atoms with Crippen molar-refractivity contribution in [1.82, 2.24) is 9.13 Å². The first-order valence-corrected chi connectivity index (χ1v) is 10.3. The second-order valence-corrected chi connectivity index (χ2v) is 7.34. The van der Waals surface area contributed by atoms with Crippen molar-refractivity contribution in [3.8, 4) is 11.1 Å². The summed E-state index contributed by atoms with van der Waals surface area (Å²) in [6.45, 7) is 3.69. The highest BCUT2D eigenvalue weighted by atomic mass is 19.1. The lowest BCUT2D eigenvalue weighted by atomic mass is 9.99. The molecule has 6 nitrogen and oxygen atoms in total. The summed E-state index contributed by atoms with van der Waals surface area (Å²) in [5.74, 6) is -2.36. The van der Waals surface area contributed by atoms with E-state index in [0.29, 0.717) is 23.0 Å². The number of rotatable bonds is 8. The van der Waals surface area contributed by atoms with E-state index in [9.17, 15) is 23.9 Å². The minimum atomic E-state index is -1.01. The molecule has 0 spiro atoms. The van der Waals surface area contributed by atoms with Crippen molar-refractivity contribution in [2.24, 2.45) is 0 Å². The van der Waals surface area contributed by atoms with Gasteiger partial charge in [-0.05, 0) is 35.6 Å². The van der Waals surface area contributed by atoms with E-state index in [4.69, 9.17) is 0 Å². The fraction of sp³-hybridized carbons (Fsp3) is 0.292. The fourth-order valence-electron chi connectivity index (χ4n) is 3.57. The van der Waals surface area contributed by atoms with E-state index < -0.39 is 23.5 Å². The van der Waals surface area contributed by atoms with E-state index in [-0.39, 0.29) is 24.2 Å². The van der Waals surface area contributed by atoms with Crippen LogP contribution in [-0.2, 0) is 13.0 Å². The van der Waals surface area contributed by atoms with Crippen LogP contribution in [0.1, 0.15) is 59.5 Å². The van der Waals surface area contributed by atoms with Crippen LogP contribution in [0.5, 0.6) is 0 Å². The molecule has 0 aliphatic heterocycles. The van der Waals surface area contributed by atoms with Crippen LogP contribution in [0.25, 0.3) is 11.1 Å². The molecule has 0 saturated carbocycles. The lowest BCUT2D eigenvalue weighted by Gasteiger charge is -2.09. The van der Waals surface area contributed by atoms with Gasteiger partial charge in [0.25, 0.3) is 0 Å². The lowest BCUT2D eigenvalue weighted by Crippen LogP contribution is -2.30. The zero-order valence-corrected chi connectivity index (χ0v) is 17.6. The molecule has 162 valence electrons. The Bertz CT molecular complexity index is 1160. The molecule has 0 aliphatic carbocycles. The molecule has 0 fully saturated rings. The molecular weight excluding hydrogens is 399 g/mol. The molecule has 0 aliphatic rings. The zero-order chi connectivity index (χ0) is 22.5. The number of carboxylic acids is 1. The highest BCUT2D eigenvalue weighted by Crippen LogP contribution is 2.24. The van der Waals surface area contributed by atoms with E-state index in [1.165, 1.54) is 4.57 Å². The fourth-order valence-corrected chi connectivity index (χ4v) is 3.57. The van der Waals surface area contributed by atoms with Crippen molar-refractivity contribution in [1.29, 1.82) is 0 Å². The summed E-state index contributed by atoms with van der Waals surface area (Å²) in [4.78, 5) is 36.4. The summed E-state index contributed by atoms with van der Waals surface area (Å²) >= 11 is 0. The summed E-state index contributed by atoms with van der Waals surface area (Å²) in [5, 5.41) is 9.40. The van der Waals surface area contributed by atoms with E-state index in [2.05, 4.69) is 0 Å². The average Bonchev–Trinajstić information content (AvgIpc) is 3.01. The van der Waals surface area contributed by atoms with Crippen molar-refractivity contribution < 1.29 is 19.1 Å². The quantitative estimate of drug-likeness (QED) is 0.573. The molecule has 1 heterocycles. The Balaban J connectivity index is 1.97. The van der Waals surface area contributed by atoms with Gasteiger partial charge >= 0.3 is 11.7 Å². The predicted octanol–water partition coefficient (Wildman–Crippen LogP) is 4.60. The molecule has 2 aromatic carbocycles. The summed E-state index contributed by atoms with van der Waals surface area (Å²) in [6, 6.07) is 13.8. The Kier molecular flexibility index (Phi) is 6.84. The van der Waals surface area contributed by atoms with Crippen LogP contribution in [-0.4, -0.2) is 26.1 Å². The number of aromatic nitrogens is 2. The number of nitrogens with zero attached hydrogens (tertiary/aromatic N) is 2. The second kappa shape index (κ2) is 9.55. The van der Waals surface area contributed by atoms with Crippen LogP contribution in [0.3, 0.4) is 0 Å². The predicted molar refractivity (Wildman–Crippen MR) is 116 cm³/mol. The maximum Gasteiger partial charge on any atom is 0.337 e. The Labute approximate surface area is 179 Å². The average molecular weight is 424 g/mol. The second-order valence-electron chi connectivity index (χ2n) is 7.34. The molecule has 0 atom stereocenters. The van der Waals surface area contributed by atoms with Crippen molar-refractivity contribution in [2.75, 3.05) is 0 Å². The summed E-state index contributed by atoms with van der Waals surface area (Å²) in [5.41, 5.74) is 1.83. The van der Waals surface area contributed by atoms with Gasteiger partial charge < -0.3 is 5.11 Å². The Hall–Kier alpha value is -3.48. The standard InChI is InChI=1S/C24H25FN2O4/c1-3-5-10-20-22(25)27(21(28)4-2)24(31)26(20)15-16-11-13-17(14-12-16)18-8-6-7-9-19(18)23(29)30/h6-9,11-14H,3-5,10,15H2,1-2H3,(H,29,30). The van der Waals surface area contributed by atoms with Crippen LogP contribution in [0, 0.1) is 5.95 Å². The normalized spacial score (nSPS) is 10.9. The van der Waals surface area contributed by atoms with E-state index in [1.54, 1.807) is 55.5 Å². The van der Waals surface area contributed by atoms with Gasteiger partial charge in [-0.2, -0.15) is 4.39 Å². The topological polar surface area (TPSA) is 81.3 Å². The molecule has 0 amide bonds.